The van der Waals surface area contributed by atoms with Gasteiger partial charge in [0.2, 0.25) is 10.0 Å². The Morgan fingerprint density at radius 2 is 1.75 bits per heavy atom. The molecule has 1 saturated carbocycles. The van der Waals surface area contributed by atoms with Gasteiger partial charge in [0.05, 0.1) is 4.90 Å². The van der Waals surface area contributed by atoms with Crippen molar-refractivity contribution in [2.24, 2.45) is 0 Å². The van der Waals surface area contributed by atoms with Crippen molar-refractivity contribution in [2.75, 3.05) is 29.9 Å². The maximum Gasteiger partial charge on any atom is 0.319 e. The molecular formula is C23H28N4O4S. The number of amides is 3. The Bertz CT molecular complexity index is 1120. The van der Waals surface area contributed by atoms with Gasteiger partial charge in [-0.2, -0.15) is 4.31 Å². The highest BCUT2D eigenvalue weighted by molar-refractivity contribution is 7.89. The lowest BCUT2D eigenvalue weighted by Gasteiger charge is -2.20. The fraction of sp³-hybridized carbons (Fsp3) is 0.391. The summed E-state index contributed by atoms with van der Waals surface area (Å²) in [5.41, 5.74) is 2.71. The first-order valence-electron chi connectivity index (χ1n) is 11.0. The Kier molecular flexibility index (Phi) is 6.21. The van der Waals surface area contributed by atoms with E-state index >= 15 is 0 Å². The Morgan fingerprint density at radius 1 is 1.06 bits per heavy atom. The van der Waals surface area contributed by atoms with Crippen LogP contribution in [-0.4, -0.2) is 50.3 Å². The summed E-state index contributed by atoms with van der Waals surface area (Å²) in [7, 11) is -3.54. The van der Waals surface area contributed by atoms with E-state index in [4.69, 9.17) is 0 Å². The van der Waals surface area contributed by atoms with E-state index in [1.165, 1.54) is 4.31 Å². The smallest absolute Gasteiger partial charge is 0.319 e. The standard InChI is InChI=1S/C23H28N4O4S/c1-3-26(4-2)32(30,31)20-11-12-21-17(15-20)13-14-27(21)22(28)16-5-7-18(8-6-16)24-23(29)25-19-9-10-19/h5-8,11-12,15,19H,3-4,9-10,13-14H2,1-2H3,(H2,24,25,29). The number of hydrogen-bond acceptors (Lipinski definition) is 4. The number of sulfonamides is 1. The van der Waals surface area contributed by atoms with Crippen LogP contribution >= 0.6 is 0 Å². The van der Waals surface area contributed by atoms with Crippen molar-refractivity contribution in [3.05, 3.63) is 53.6 Å². The molecule has 9 heteroatoms. The molecular weight excluding hydrogens is 428 g/mol. The maximum absolute atomic E-state index is 13.1. The predicted molar refractivity (Wildman–Crippen MR) is 124 cm³/mol. The van der Waals surface area contributed by atoms with E-state index in [9.17, 15) is 18.0 Å². The van der Waals surface area contributed by atoms with Crippen LogP contribution in [0.2, 0.25) is 0 Å². The van der Waals surface area contributed by atoms with Crippen molar-refractivity contribution < 1.29 is 18.0 Å². The topological polar surface area (TPSA) is 98.8 Å². The summed E-state index contributed by atoms with van der Waals surface area (Å²) in [5, 5.41) is 5.62. The summed E-state index contributed by atoms with van der Waals surface area (Å²) < 4.78 is 27.0. The first-order chi connectivity index (χ1) is 15.3. The summed E-state index contributed by atoms with van der Waals surface area (Å²) in [5.74, 6) is -0.155. The van der Waals surface area contributed by atoms with E-state index < -0.39 is 10.0 Å². The average Bonchev–Trinajstić information content (AvgIpc) is 3.49. The van der Waals surface area contributed by atoms with E-state index in [1.54, 1.807) is 47.4 Å². The maximum atomic E-state index is 13.1. The fourth-order valence-electron chi connectivity index (χ4n) is 3.89. The molecule has 1 aliphatic carbocycles. The molecule has 2 aliphatic rings. The zero-order valence-electron chi connectivity index (χ0n) is 18.3. The Hall–Kier alpha value is -2.91. The number of nitrogens with zero attached hydrogens (tertiary/aromatic N) is 2. The minimum atomic E-state index is -3.54. The fourth-order valence-corrected chi connectivity index (χ4v) is 5.40. The van der Waals surface area contributed by atoms with Crippen molar-refractivity contribution >= 4 is 33.3 Å². The Labute approximate surface area is 188 Å². The molecule has 0 spiro atoms. The minimum absolute atomic E-state index is 0.155. The molecule has 4 rings (SSSR count). The quantitative estimate of drug-likeness (QED) is 0.668. The van der Waals surface area contributed by atoms with E-state index in [2.05, 4.69) is 10.6 Å². The summed E-state index contributed by atoms with van der Waals surface area (Å²) in [6.45, 7) is 4.94. The second kappa shape index (κ2) is 8.91. The van der Waals surface area contributed by atoms with Gasteiger partial charge in [0.25, 0.3) is 5.91 Å². The molecule has 1 fully saturated rings. The molecule has 0 saturated heterocycles. The lowest BCUT2D eigenvalue weighted by molar-refractivity contribution is 0.0989. The molecule has 1 aliphatic heterocycles. The zero-order chi connectivity index (χ0) is 22.9. The molecule has 0 atom stereocenters. The van der Waals surface area contributed by atoms with Gasteiger partial charge in [0.1, 0.15) is 0 Å². The number of nitrogens with one attached hydrogen (secondary N) is 2. The number of benzene rings is 2. The first kappa shape index (κ1) is 22.3. The van der Waals surface area contributed by atoms with Gasteiger partial charge >= 0.3 is 6.03 Å². The Morgan fingerprint density at radius 3 is 2.38 bits per heavy atom. The minimum Gasteiger partial charge on any atom is -0.335 e. The number of carbonyl (C=O) groups excluding carboxylic acids is 2. The number of hydrogen-bond donors (Lipinski definition) is 2. The SMILES string of the molecule is CCN(CC)S(=O)(=O)c1ccc2c(c1)CCN2C(=O)c1ccc(NC(=O)NC2CC2)cc1. The molecule has 170 valence electrons. The van der Waals surface area contributed by atoms with Crippen LogP contribution in [0, 0.1) is 0 Å². The van der Waals surface area contributed by atoms with Gasteiger partial charge in [0.15, 0.2) is 0 Å². The third kappa shape index (κ3) is 4.49. The van der Waals surface area contributed by atoms with Crippen LogP contribution < -0.4 is 15.5 Å². The van der Waals surface area contributed by atoms with Gasteiger partial charge in [-0.1, -0.05) is 13.8 Å². The molecule has 1 heterocycles. The van der Waals surface area contributed by atoms with Crippen molar-refractivity contribution in [3.63, 3.8) is 0 Å². The molecule has 2 aromatic rings. The summed E-state index contributed by atoms with van der Waals surface area (Å²) in [6.07, 6.45) is 2.63. The van der Waals surface area contributed by atoms with Gasteiger partial charge in [-0.05, 0) is 67.3 Å². The zero-order valence-corrected chi connectivity index (χ0v) is 19.1. The van der Waals surface area contributed by atoms with Gasteiger partial charge in [0, 0.05) is 42.6 Å². The van der Waals surface area contributed by atoms with Gasteiger partial charge in [-0.15, -0.1) is 0 Å². The molecule has 2 aromatic carbocycles. The summed E-state index contributed by atoms with van der Waals surface area (Å²) >= 11 is 0. The van der Waals surface area contributed by atoms with E-state index in [1.807, 2.05) is 13.8 Å². The molecule has 32 heavy (non-hydrogen) atoms. The first-order valence-corrected chi connectivity index (χ1v) is 12.4. The molecule has 0 aromatic heterocycles. The van der Waals surface area contributed by atoms with E-state index in [-0.39, 0.29) is 22.9 Å². The van der Waals surface area contributed by atoms with Crippen LogP contribution in [0.3, 0.4) is 0 Å². The normalized spacial score (nSPS) is 15.5. The van der Waals surface area contributed by atoms with Crippen molar-refractivity contribution in [1.82, 2.24) is 9.62 Å². The average molecular weight is 457 g/mol. The van der Waals surface area contributed by atoms with Crippen LogP contribution in [0.15, 0.2) is 47.4 Å². The largest absolute Gasteiger partial charge is 0.335 e. The highest BCUT2D eigenvalue weighted by atomic mass is 32.2. The molecule has 0 unspecified atom stereocenters. The predicted octanol–water partition coefficient (Wildman–Crippen LogP) is 3.20. The van der Waals surface area contributed by atoms with Gasteiger partial charge in [-0.25, -0.2) is 13.2 Å². The van der Waals surface area contributed by atoms with Crippen molar-refractivity contribution in [2.45, 2.75) is 44.0 Å². The molecule has 8 nitrogen and oxygen atoms in total. The third-order valence-electron chi connectivity index (χ3n) is 5.84. The van der Waals surface area contributed by atoms with Crippen LogP contribution in [-0.2, 0) is 16.4 Å². The molecule has 3 amide bonds. The second-order valence-electron chi connectivity index (χ2n) is 8.04. The van der Waals surface area contributed by atoms with E-state index in [0.29, 0.717) is 37.3 Å². The number of urea groups is 1. The van der Waals surface area contributed by atoms with Crippen LogP contribution in [0.5, 0.6) is 0 Å². The number of carbonyl (C=O) groups is 2. The second-order valence-corrected chi connectivity index (χ2v) is 9.97. The van der Waals surface area contributed by atoms with E-state index in [0.717, 1.165) is 24.1 Å². The van der Waals surface area contributed by atoms with Crippen LogP contribution in [0.25, 0.3) is 0 Å². The molecule has 0 bridgehead atoms. The van der Waals surface area contributed by atoms with Crippen LogP contribution in [0.1, 0.15) is 42.6 Å². The lowest BCUT2D eigenvalue weighted by Crippen LogP contribution is -2.31. The highest BCUT2D eigenvalue weighted by Crippen LogP contribution is 2.32. The van der Waals surface area contributed by atoms with Gasteiger partial charge < -0.3 is 15.5 Å². The molecule has 2 N–H and O–H groups in total. The highest BCUT2D eigenvalue weighted by Gasteiger charge is 2.29. The summed E-state index contributed by atoms with van der Waals surface area (Å²) in [4.78, 5) is 26.9. The molecule has 0 radical (unpaired) electrons. The van der Waals surface area contributed by atoms with Crippen molar-refractivity contribution in [1.29, 1.82) is 0 Å². The van der Waals surface area contributed by atoms with Crippen molar-refractivity contribution in [3.8, 4) is 0 Å². The number of anilines is 2. The van der Waals surface area contributed by atoms with Gasteiger partial charge in [-0.3, -0.25) is 4.79 Å². The monoisotopic (exact) mass is 456 g/mol. The van der Waals surface area contributed by atoms with Crippen LogP contribution in [0.4, 0.5) is 16.2 Å². The Balaban J connectivity index is 1.48. The number of fused-ring (bicyclic) bond motifs is 1. The number of rotatable bonds is 7. The third-order valence-corrected chi connectivity index (χ3v) is 7.88. The summed E-state index contributed by atoms with van der Waals surface area (Å²) in [6, 6.07) is 11.8. The lowest BCUT2D eigenvalue weighted by atomic mass is 10.1.